The Morgan fingerprint density at radius 3 is 2.43 bits per heavy atom. The lowest BCUT2D eigenvalue weighted by atomic mass is 10.2. The lowest BCUT2D eigenvalue weighted by Crippen LogP contribution is -3.13. The lowest BCUT2D eigenvalue weighted by Gasteiger charge is -2.30. The van der Waals surface area contributed by atoms with Gasteiger partial charge in [0.15, 0.2) is 6.54 Å². The van der Waals surface area contributed by atoms with Gasteiger partial charge in [0.2, 0.25) is 15.8 Å². The third kappa shape index (κ3) is 3.95. The number of halogens is 1. The molecule has 0 amide bonds. The third-order valence-corrected chi connectivity index (χ3v) is 7.04. The number of nitrogens with zero attached hydrogens (tertiary/aromatic N) is 3. The van der Waals surface area contributed by atoms with Gasteiger partial charge in [0.05, 0.1) is 36.1 Å². The van der Waals surface area contributed by atoms with Gasteiger partial charge in [-0.05, 0) is 24.3 Å². The molecule has 1 fully saturated rings. The predicted octanol–water partition coefficient (Wildman–Crippen LogP) is 1.48. The van der Waals surface area contributed by atoms with Crippen molar-refractivity contribution in [3.8, 4) is 11.4 Å². The van der Waals surface area contributed by atoms with Gasteiger partial charge in [-0.2, -0.15) is 9.29 Å². The van der Waals surface area contributed by atoms with Gasteiger partial charge in [0, 0.05) is 5.56 Å². The van der Waals surface area contributed by atoms with Gasteiger partial charge in [-0.1, -0.05) is 47.1 Å². The second-order valence-corrected chi connectivity index (χ2v) is 8.98. The van der Waals surface area contributed by atoms with Crippen LogP contribution in [0.3, 0.4) is 0 Å². The number of sulfonamides is 1. The highest BCUT2D eigenvalue weighted by Crippen LogP contribution is 2.24. The molecule has 0 radical (unpaired) electrons. The summed E-state index contributed by atoms with van der Waals surface area (Å²) < 4.78 is 32.3. The summed E-state index contributed by atoms with van der Waals surface area (Å²) in [7, 11) is -3.44. The van der Waals surface area contributed by atoms with E-state index in [9.17, 15) is 8.42 Å². The highest BCUT2D eigenvalue weighted by atomic mass is 35.5. The molecule has 1 aliphatic rings. The van der Waals surface area contributed by atoms with Crippen molar-refractivity contribution < 1.29 is 17.8 Å². The number of hydrogen-bond donors (Lipinski definition) is 1. The summed E-state index contributed by atoms with van der Waals surface area (Å²) in [5, 5.41) is 4.59. The van der Waals surface area contributed by atoms with Gasteiger partial charge in [0.25, 0.3) is 5.89 Å². The molecule has 4 rings (SSSR count). The Morgan fingerprint density at radius 1 is 1.04 bits per heavy atom. The number of piperazine rings is 1. The van der Waals surface area contributed by atoms with E-state index in [1.54, 1.807) is 30.3 Å². The molecule has 2 aromatic carbocycles. The first-order valence-electron chi connectivity index (χ1n) is 9.00. The Hall–Kier alpha value is -2.26. The number of hydrogen-bond acceptors (Lipinski definition) is 5. The zero-order valence-corrected chi connectivity index (χ0v) is 16.7. The van der Waals surface area contributed by atoms with Crippen LogP contribution < -0.4 is 4.90 Å². The molecule has 0 aliphatic carbocycles. The van der Waals surface area contributed by atoms with Crippen molar-refractivity contribution in [1.82, 2.24) is 14.4 Å². The average Bonchev–Trinajstić information content (AvgIpc) is 3.17. The summed E-state index contributed by atoms with van der Waals surface area (Å²) in [5.41, 5.74) is 0.730. The number of rotatable bonds is 5. The molecule has 1 aromatic heterocycles. The van der Waals surface area contributed by atoms with E-state index in [1.165, 1.54) is 9.21 Å². The van der Waals surface area contributed by atoms with Crippen LogP contribution in [0.15, 0.2) is 64.0 Å². The summed E-state index contributed by atoms with van der Waals surface area (Å²) in [6, 6.07) is 15.9. The minimum absolute atomic E-state index is 0.333. The maximum absolute atomic E-state index is 12.7. The van der Waals surface area contributed by atoms with E-state index in [-0.39, 0.29) is 0 Å². The van der Waals surface area contributed by atoms with Crippen molar-refractivity contribution in [2.75, 3.05) is 26.2 Å². The lowest BCUT2D eigenvalue weighted by molar-refractivity contribution is -0.918. The largest absolute Gasteiger partial charge is 0.333 e. The van der Waals surface area contributed by atoms with Gasteiger partial charge in [0.1, 0.15) is 0 Å². The maximum Gasteiger partial charge on any atom is 0.282 e. The van der Waals surface area contributed by atoms with Crippen LogP contribution in [0.2, 0.25) is 5.02 Å². The van der Waals surface area contributed by atoms with Gasteiger partial charge in [-0.25, -0.2) is 8.42 Å². The van der Waals surface area contributed by atoms with Crippen LogP contribution in [0.25, 0.3) is 11.4 Å². The van der Waals surface area contributed by atoms with Crippen LogP contribution in [0, 0.1) is 0 Å². The van der Waals surface area contributed by atoms with Gasteiger partial charge in [-0.3, -0.25) is 0 Å². The van der Waals surface area contributed by atoms with Crippen molar-refractivity contribution >= 4 is 21.6 Å². The third-order valence-electron chi connectivity index (χ3n) is 4.79. The maximum atomic E-state index is 12.7. The van der Waals surface area contributed by atoms with Crippen molar-refractivity contribution in [3.05, 3.63) is 65.5 Å². The molecule has 146 valence electrons. The fraction of sp³-hybridized carbons (Fsp3) is 0.263. The predicted molar refractivity (Wildman–Crippen MR) is 104 cm³/mol. The molecule has 0 unspecified atom stereocenters. The van der Waals surface area contributed by atoms with E-state index in [0.717, 1.165) is 5.56 Å². The Balaban J connectivity index is 1.38. The van der Waals surface area contributed by atoms with Crippen molar-refractivity contribution in [3.63, 3.8) is 0 Å². The summed E-state index contributed by atoms with van der Waals surface area (Å²) in [6.45, 7) is 2.82. The summed E-state index contributed by atoms with van der Waals surface area (Å²) in [5.74, 6) is 0.981. The molecule has 0 spiro atoms. The molecule has 0 saturated carbocycles. The van der Waals surface area contributed by atoms with Crippen molar-refractivity contribution in [2.24, 2.45) is 0 Å². The molecule has 0 atom stereocenters. The monoisotopic (exact) mass is 419 g/mol. The second kappa shape index (κ2) is 8.00. The molecule has 3 aromatic rings. The smallest absolute Gasteiger partial charge is 0.282 e. The zero-order valence-electron chi connectivity index (χ0n) is 15.1. The summed E-state index contributed by atoms with van der Waals surface area (Å²) >= 11 is 6.18. The van der Waals surface area contributed by atoms with Crippen LogP contribution >= 0.6 is 11.6 Å². The highest BCUT2D eigenvalue weighted by Gasteiger charge is 2.31. The molecule has 7 nitrogen and oxygen atoms in total. The molecule has 0 bridgehead atoms. The quantitative estimate of drug-likeness (QED) is 0.677. The van der Waals surface area contributed by atoms with E-state index in [4.69, 9.17) is 16.1 Å². The molecule has 2 heterocycles. The topological polar surface area (TPSA) is 80.7 Å². The zero-order chi connectivity index (χ0) is 19.6. The Morgan fingerprint density at radius 2 is 1.71 bits per heavy atom. The van der Waals surface area contributed by atoms with Crippen LogP contribution in [-0.2, 0) is 16.6 Å². The number of benzene rings is 2. The fourth-order valence-corrected chi connectivity index (χ4v) is 4.94. The fourth-order valence-electron chi connectivity index (χ4n) is 3.25. The molecule has 1 N–H and O–H groups in total. The van der Waals surface area contributed by atoms with Crippen LogP contribution in [0.1, 0.15) is 5.89 Å². The van der Waals surface area contributed by atoms with E-state index in [1.807, 2.05) is 24.3 Å². The molecular weight excluding hydrogens is 400 g/mol. The molecule has 1 saturated heterocycles. The summed E-state index contributed by atoms with van der Waals surface area (Å²) in [6.07, 6.45) is 0. The Kier molecular flexibility index (Phi) is 5.45. The normalized spacial score (nSPS) is 16.3. The Bertz CT molecular complexity index is 1050. The van der Waals surface area contributed by atoms with E-state index < -0.39 is 10.0 Å². The van der Waals surface area contributed by atoms with Gasteiger partial charge in [-0.15, -0.1) is 0 Å². The molecule has 9 heteroatoms. The first-order chi connectivity index (χ1) is 13.5. The molecular formula is C19H20ClN4O3S+. The van der Waals surface area contributed by atoms with Gasteiger partial charge >= 0.3 is 0 Å². The van der Waals surface area contributed by atoms with Crippen LogP contribution in [0.4, 0.5) is 0 Å². The first-order valence-corrected chi connectivity index (χ1v) is 10.8. The first kappa shape index (κ1) is 19.1. The molecule has 1 aliphatic heterocycles. The van der Waals surface area contributed by atoms with Crippen LogP contribution in [-0.4, -0.2) is 49.0 Å². The second-order valence-electron chi connectivity index (χ2n) is 6.64. The minimum atomic E-state index is -3.44. The minimum Gasteiger partial charge on any atom is -0.333 e. The molecule has 28 heavy (non-hydrogen) atoms. The summed E-state index contributed by atoms with van der Waals surface area (Å²) in [4.78, 5) is 5.97. The SMILES string of the molecule is O=S(=O)(c1ccccc1)N1CC[NH+](Cc2nc(-c3ccccc3Cl)no2)CC1. The van der Waals surface area contributed by atoms with Crippen molar-refractivity contribution in [1.29, 1.82) is 0 Å². The number of aromatic nitrogens is 2. The van der Waals surface area contributed by atoms with E-state index in [2.05, 4.69) is 10.1 Å². The standard InChI is InChI=1S/C19H19ClN4O3S/c20-17-9-5-4-8-16(17)19-21-18(27-22-19)14-23-10-12-24(13-11-23)28(25,26)15-6-2-1-3-7-15/h1-9H,10-14H2/p+1. The average molecular weight is 420 g/mol. The van der Waals surface area contributed by atoms with Gasteiger partial charge < -0.3 is 9.42 Å². The van der Waals surface area contributed by atoms with E-state index in [0.29, 0.717) is 54.4 Å². The van der Waals surface area contributed by atoms with E-state index >= 15 is 0 Å². The highest BCUT2D eigenvalue weighted by molar-refractivity contribution is 7.89. The van der Waals surface area contributed by atoms with Crippen molar-refractivity contribution in [2.45, 2.75) is 11.4 Å². The van der Waals surface area contributed by atoms with Crippen LogP contribution in [0.5, 0.6) is 0 Å². The number of quaternary nitrogens is 1. The Labute approximate surface area is 168 Å². The number of nitrogens with one attached hydrogen (secondary N) is 1.